The summed E-state index contributed by atoms with van der Waals surface area (Å²) in [5, 5.41) is 2.68. The molecule has 2 aliphatic rings. The third-order valence-electron chi connectivity index (χ3n) is 7.73. The first-order valence-electron chi connectivity index (χ1n) is 15.2. The third kappa shape index (κ3) is 12.3. The summed E-state index contributed by atoms with van der Waals surface area (Å²) in [6.45, 7) is 6.22. The van der Waals surface area contributed by atoms with Crippen molar-refractivity contribution in [1.29, 1.82) is 0 Å². The van der Waals surface area contributed by atoms with E-state index in [2.05, 4.69) is 24.1 Å². The van der Waals surface area contributed by atoms with E-state index >= 15 is 0 Å². The van der Waals surface area contributed by atoms with Gasteiger partial charge in [0.1, 0.15) is 12.4 Å². The number of hydrogen-bond acceptors (Lipinski definition) is 8. The molecule has 6 atom stereocenters. The van der Waals surface area contributed by atoms with E-state index in [0.29, 0.717) is 44.0 Å². The number of rotatable bonds is 12. The van der Waals surface area contributed by atoms with Crippen molar-refractivity contribution in [2.75, 3.05) is 13.7 Å². The van der Waals surface area contributed by atoms with Crippen molar-refractivity contribution in [2.24, 2.45) is 11.8 Å². The highest BCUT2D eigenvalue weighted by atomic mass is 16.6. The largest absolute Gasteiger partial charge is 0.462 e. The lowest BCUT2D eigenvalue weighted by molar-refractivity contribution is -0.160. The summed E-state index contributed by atoms with van der Waals surface area (Å²) in [6.07, 6.45) is 16.2. The summed E-state index contributed by atoms with van der Waals surface area (Å²) >= 11 is 0. The van der Waals surface area contributed by atoms with Gasteiger partial charge >= 0.3 is 5.97 Å². The van der Waals surface area contributed by atoms with Crippen LogP contribution in [0.25, 0.3) is 6.08 Å². The van der Waals surface area contributed by atoms with Gasteiger partial charge in [-0.3, -0.25) is 14.4 Å². The molecule has 0 saturated carbocycles. The molecule has 9 nitrogen and oxygen atoms in total. The number of nitrogens with zero attached hydrogens (tertiary/aromatic N) is 1. The number of methoxy groups -OCH3 is 1. The molecule has 0 spiro atoms. The van der Waals surface area contributed by atoms with Crippen LogP contribution in [0.4, 0.5) is 0 Å². The highest BCUT2D eigenvalue weighted by Gasteiger charge is 2.34. The predicted octanol–water partition coefficient (Wildman–Crippen LogP) is 5.37. The second-order valence-corrected chi connectivity index (χ2v) is 11.6. The molecule has 228 valence electrons. The zero-order valence-electron chi connectivity index (χ0n) is 25.1. The van der Waals surface area contributed by atoms with Gasteiger partial charge in [-0.2, -0.15) is 0 Å². The zero-order chi connectivity index (χ0) is 29.6. The van der Waals surface area contributed by atoms with Gasteiger partial charge in [0.05, 0.1) is 30.4 Å². The molecule has 1 aromatic rings. The number of carbonyl (C=O) groups is 3. The molecular formula is C32H48N2O7. The fraction of sp³-hybridized carbons (Fsp3) is 0.688. The summed E-state index contributed by atoms with van der Waals surface area (Å²) in [4.78, 5) is 41.0. The quantitative estimate of drug-likeness (QED) is 0.262. The van der Waals surface area contributed by atoms with Crippen LogP contribution in [-0.4, -0.2) is 60.7 Å². The molecule has 2 saturated heterocycles. The Morgan fingerprint density at radius 1 is 1.15 bits per heavy atom. The van der Waals surface area contributed by atoms with Crippen molar-refractivity contribution < 1.29 is 33.0 Å². The summed E-state index contributed by atoms with van der Waals surface area (Å²) in [5.41, 5.74) is 0.808. The number of oxazole rings is 1. The van der Waals surface area contributed by atoms with Gasteiger partial charge in [0.25, 0.3) is 0 Å². The maximum absolute atomic E-state index is 12.8. The Bertz CT molecular complexity index is 1030. The third-order valence-corrected chi connectivity index (χ3v) is 7.73. The normalized spacial score (nSPS) is 27.8. The number of aryl methyl sites for hydroxylation is 1. The lowest BCUT2D eigenvalue weighted by atomic mass is 9.83. The zero-order valence-corrected chi connectivity index (χ0v) is 25.1. The van der Waals surface area contributed by atoms with Gasteiger partial charge in [0, 0.05) is 33.4 Å². The van der Waals surface area contributed by atoms with Crippen LogP contribution in [0.1, 0.15) is 96.6 Å². The van der Waals surface area contributed by atoms with E-state index in [1.165, 1.54) is 6.92 Å². The van der Waals surface area contributed by atoms with Gasteiger partial charge < -0.3 is 23.9 Å². The van der Waals surface area contributed by atoms with Crippen molar-refractivity contribution in [3.8, 4) is 0 Å². The molecule has 9 heteroatoms. The smallest absolute Gasteiger partial charge is 0.308 e. The average Bonchev–Trinajstić information content (AvgIpc) is 3.35. The molecule has 2 fully saturated rings. The van der Waals surface area contributed by atoms with Crippen molar-refractivity contribution in [3.63, 3.8) is 0 Å². The van der Waals surface area contributed by atoms with Gasteiger partial charge in [0.15, 0.2) is 5.78 Å². The van der Waals surface area contributed by atoms with Crippen molar-refractivity contribution >= 4 is 23.7 Å². The molecule has 0 unspecified atom stereocenters. The minimum atomic E-state index is -0.221. The van der Waals surface area contributed by atoms with Crippen LogP contribution in [-0.2, 0) is 35.0 Å². The highest BCUT2D eigenvalue weighted by molar-refractivity contribution is 5.89. The minimum Gasteiger partial charge on any atom is -0.462 e. The Balaban J connectivity index is 1.50. The Morgan fingerprint density at radius 3 is 2.71 bits per heavy atom. The fourth-order valence-corrected chi connectivity index (χ4v) is 5.89. The molecule has 41 heavy (non-hydrogen) atoms. The standard InChI is InChI=1S/C32H48N2O7/c1-5-9-27-19-28(38-4)14-22(2)15-29-17-24(18-30(40-29)20-32(37)41-27)16-26(36)11-7-6-10-25-21-39-31(34-25)12-8-13-33-23(3)35/h7-8,11-12,21-22,24,27-30H,5-6,9-10,13-20H2,1-4H3,(H,33,35)/b11-7-,12-8-/t22-,24+,27-,28-,29+,30+/m0/s1. The maximum Gasteiger partial charge on any atom is 0.308 e. The molecule has 1 amide bonds. The number of carbonyl (C=O) groups excluding carboxylic acids is 3. The number of ketones is 1. The van der Waals surface area contributed by atoms with E-state index in [0.717, 1.165) is 44.2 Å². The molecule has 1 aromatic heterocycles. The SMILES string of the molecule is CCC[C@H]1C[C@@H](OC)C[C@H](C)C[C@@H]2C[C@@H](CC(=O)/C=C\CCc3coc(/C=C\CNC(C)=O)n3)C[C@H](CC(=O)O1)O2. The number of nitrogens with one attached hydrogen (secondary N) is 1. The van der Waals surface area contributed by atoms with Crippen molar-refractivity contribution in [2.45, 2.75) is 116 Å². The van der Waals surface area contributed by atoms with E-state index in [1.807, 2.05) is 6.08 Å². The Labute approximate surface area is 244 Å². The molecule has 2 bridgehead atoms. The molecule has 0 aromatic carbocycles. The molecule has 0 aliphatic carbocycles. The molecule has 3 rings (SSSR count). The van der Waals surface area contributed by atoms with E-state index in [4.69, 9.17) is 18.6 Å². The summed E-state index contributed by atoms with van der Waals surface area (Å²) < 4.78 is 23.4. The van der Waals surface area contributed by atoms with Crippen LogP contribution >= 0.6 is 0 Å². The minimum absolute atomic E-state index is 0.0235. The van der Waals surface area contributed by atoms with Crippen molar-refractivity contribution in [1.82, 2.24) is 10.3 Å². The van der Waals surface area contributed by atoms with Gasteiger partial charge in [-0.05, 0) is 68.9 Å². The summed E-state index contributed by atoms with van der Waals surface area (Å²) in [7, 11) is 1.73. The topological polar surface area (TPSA) is 117 Å². The lowest BCUT2D eigenvalue weighted by Crippen LogP contribution is -2.38. The summed E-state index contributed by atoms with van der Waals surface area (Å²) in [6, 6.07) is 0. The van der Waals surface area contributed by atoms with E-state index in [1.54, 1.807) is 31.6 Å². The lowest BCUT2D eigenvalue weighted by Gasteiger charge is -2.37. The average molecular weight is 573 g/mol. The number of ether oxygens (including phenoxy) is 3. The molecular weight excluding hydrogens is 524 g/mol. The fourth-order valence-electron chi connectivity index (χ4n) is 5.89. The number of cyclic esters (lactones) is 1. The first kappa shape index (κ1) is 32.7. The highest BCUT2D eigenvalue weighted by Crippen LogP contribution is 2.34. The molecule has 3 heterocycles. The first-order chi connectivity index (χ1) is 19.7. The summed E-state index contributed by atoms with van der Waals surface area (Å²) in [5.74, 6) is 0.841. The van der Waals surface area contributed by atoms with Crippen LogP contribution < -0.4 is 5.32 Å². The van der Waals surface area contributed by atoms with Gasteiger partial charge in [-0.1, -0.05) is 32.4 Å². The van der Waals surface area contributed by atoms with Gasteiger partial charge in [0.2, 0.25) is 11.8 Å². The Morgan fingerprint density at radius 2 is 1.95 bits per heavy atom. The number of amides is 1. The van der Waals surface area contributed by atoms with Crippen LogP contribution in [0.3, 0.4) is 0 Å². The van der Waals surface area contributed by atoms with Gasteiger partial charge in [-0.15, -0.1) is 0 Å². The first-order valence-corrected chi connectivity index (χ1v) is 15.2. The predicted molar refractivity (Wildman–Crippen MR) is 156 cm³/mol. The Kier molecular flexibility index (Phi) is 13.8. The number of hydrogen-bond donors (Lipinski definition) is 1. The monoisotopic (exact) mass is 572 g/mol. The van der Waals surface area contributed by atoms with E-state index in [-0.39, 0.29) is 54.4 Å². The van der Waals surface area contributed by atoms with E-state index < -0.39 is 0 Å². The van der Waals surface area contributed by atoms with Gasteiger partial charge in [-0.25, -0.2) is 4.98 Å². The number of fused-ring (bicyclic) bond motifs is 2. The second kappa shape index (κ2) is 17.2. The number of aromatic nitrogens is 1. The Hall–Kier alpha value is -2.78. The second-order valence-electron chi connectivity index (χ2n) is 11.6. The molecule has 0 radical (unpaired) electrons. The molecule has 1 N–H and O–H groups in total. The van der Waals surface area contributed by atoms with Crippen LogP contribution in [0.15, 0.2) is 28.9 Å². The number of allylic oxidation sites excluding steroid dienone is 2. The van der Waals surface area contributed by atoms with Crippen molar-refractivity contribution in [3.05, 3.63) is 36.1 Å². The van der Waals surface area contributed by atoms with Crippen LogP contribution in [0.2, 0.25) is 0 Å². The van der Waals surface area contributed by atoms with Crippen LogP contribution in [0, 0.1) is 11.8 Å². The number of esters is 1. The maximum atomic E-state index is 12.8. The van der Waals surface area contributed by atoms with Crippen LogP contribution in [0.5, 0.6) is 0 Å². The molecule has 2 aliphatic heterocycles. The van der Waals surface area contributed by atoms with E-state index in [9.17, 15) is 14.4 Å².